The summed E-state index contributed by atoms with van der Waals surface area (Å²) in [5.74, 6) is 0.339. The first-order valence-electron chi connectivity index (χ1n) is 2.75. The van der Waals surface area contributed by atoms with Gasteiger partial charge >= 0.3 is 5.84 Å². The van der Waals surface area contributed by atoms with E-state index in [-0.39, 0.29) is 6.73 Å². The number of hydrogen-bond acceptors (Lipinski definition) is 4. The van der Waals surface area contributed by atoms with E-state index in [1.165, 1.54) is 12.6 Å². The van der Waals surface area contributed by atoms with Crippen LogP contribution in [-0.2, 0) is 4.74 Å². The third-order valence-corrected chi connectivity index (χ3v) is 1.23. The molecular formula is C5H4N3O2+. The normalized spacial score (nSPS) is 21.4. The van der Waals surface area contributed by atoms with Gasteiger partial charge in [0.05, 0.1) is 0 Å². The molecule has 0 radical (unpaired) electrons. The highest BCUT2D eigenvalue weighted by molar-refractivity contribution is 6.01. The number of ether oxygens (including phenoxy) is 1. The van der Waals surface area contributed by atoms with E-state index in [0.29, 0.717) is 16.3 Å². The van der Waals surface area contributed by atoms with Crippen LogP contribution in [0, 0.1) is 4.91 Å². The van der Waals surface area contributed by atoms with Crippen LogP contribution in [0.5, 0.6) is 0 Å². The fourth-order valence-corrected chi connectivity index (χ4v) is 0.790. The molecule has 2 heterocycles. The van der Waals surface area contributed by atoms with E-state index in [0.717, 1.165) is 0 Å². The summed E-state index contributed by atoms with van der Waals surface area (Å²) in [7, 11) is 0. The summed E-state index contributed by atoms with van der Waals surface area (Å²) in [5.41, 5.74) is 0.501. The van der Waals surface area contributed by atoms with Crippen LogP contribution in [0.3, 0.4) is 0 Å². The van der Waals surface area contributed by atoms with Gasteiger partial charge < -0.3 is 4.74 Å². The summed E-state index contributed by atoms with van der Waals surface area (Å²) in [4.78, 5) is 18.3. The zero-order valence-electron chi connectivity index (χ0n) is 5.02. The van der Waals surface area contributed by atoms with Crippen LogP contribution < -0.4 is 0 Å². The van der Waals surface area contributed by atoms with Crippen molar-refractivity contribution >= 4 is 12.2 Å². The molecule has 0 aliphatic carbocycles. The second-order valence-electron chi connectivity index (χ2n) is 1.87. The molecule has 0 atom stereocenters. The number of nitroso groups, excluding NO2 is 1. The molecule has 10 heavy (non-hydrogen) atoms. The van der Waals surface area contributed by atoms with Crippen LogP contribution in [-0.4, -0.2) is 23.7 Å². The molecule has 0 spiro atoms. The van der Waals surface area contributed by atoms with E-state index in [1.54, 1.807) is 0 Å². The SMILES string of the molecule is O=[N+]1COC=C2N=CN=C21. The monoisotopic (exact) mass is 138 g/mol. The third-order valence-electron chi connectivity index (χ3n) is 1.23. The van der Waals surface area contributed by atoms with E-state index in [1.807, 2.05) is 0 Å². The van der Waals surface area contributed by atoms with Crippen molar-refractivity contribution in [2.45, 2.75) is 0 Å². The quantitative estimate of drug-likeness (QED) is 0.443. The van der Waals surface area contributed by atoms with Crippen molar-refractivity contribution in [3.63, 3.8) is 0 Å². The summed E-state index contributed by atoms with van der Waals surface area (Å²) in [6.45, 7) is 0.00565. The lowest BCUT2D eigenvalue weighted by atomic mass is 10.4. The van der Waals surface area contributed by atoms with Gasteiger partial charge in [0.15, 0.2) is 5.70 Å². The Morgan fingerprint density at radius 1 is 1.70 bits per heavy atom. The predicted molar refractivity (Wildman–Crippen MR) is 33.6 cm³/mol. The van der Waals surface area contributed by atoms with Crippen molar-refractivity contribution in [3.8, 4) is 0 Å². The van der Waals surface area contributed by atoms with Gasteiger partial charge in [0.2, 0.25) is 6.34 Å². The molecule has 0 saturated heterocycles. The van der Waals surface area contributed by atoms with Crippen molar-refractivity contribution in [1.29, 1.82) is 0 Å². The maximum atomic E-state index is 10.8. The van der Waals surface area contributed by atoms with Crippen LogP contribution in [0.2, 0.25) is 0 Å². The van der Waals surface area contributed by atoms with Crippen LogP contribution in [0.1, 0.15) is 0 Å². The third kappa shape index (κ3) is 0.570. The molecule has 0 aromatic heterocycles. The summed E-state index contributed by atoms with van der Waals surface area (Å²) < 4.78 is 5.41. The molecule has 0 fully saturated rings. The van der Waals surface area contributed by atoms with E-state index >= 15 is 0 Å². The highest BCUT2D eigenvalue weighted by Gasteiger charge is 2.31. The van der Waals surface area contributed by atoms with Crippen LogP contribution in [0.25, 0.3) is 0 Å². The van der Waals surface area contributed by atoms with Crippen molar-refractivity contribution in [3.05, 3.63) is 16.9 Å². The molecule has 2 aliphatic rings. The number of amidine groups is 1. The lowest BCUT2D eigenvalue weighted by Crippen LogP contribution is -2.24. The molecule has 2 rings (SSSR count). The largest absolute Gasteiger partial charge is 0.456 e. The smallest absolute Gasteiger partial charge is 0.395 e. The lowest BCUT2D eigenvalue weighted by molar-refractivity contribution is -0.479. The lowest BCUT2D eigenvalue weighted by Gasteiger charge is -2.01. The molecule has 0 unspecified atom stereocenters. The van der Waals surface area contributed by atoms with Gasteiger partial charge in [0, 0.05) is 4.76 Å². The zero-order chi connectivity index (χ0) is 6.97. The minimum absolute atomic E-state index is 0.00565. The first-order valence-corrected chi connectivity index (χ1v) is 2.75. The highest BCUT2D eigenvalue weighted by Crippen LogP contribution is 2.11. The fraction of sp³-hybridized carbons (Fsp3) is 0.200. The first-order chi connectivity index (χ1) is 4.88. The minimum atomic E-state index is 0.00565. The molecular weight excluding hydrogens is 134 g/mol. The predicted octanol–water partition coefficient (Wildman–Crippen LogP) is 0.0348. The molecule has 0 aromatic carbocycles. The van der Waals surface area contributed by atoms with Gasteiger partial charge in [-0.05, 0) is 4.99 Å². The Labute approximate surface area is 56.3 Å². The summed E-state index contributed by atoms with van der Waals surface area (Å²) in [5, 5.41) is 0. The van der Waals surface area contributed by atoms with E-state index in [4.69, 9.17) is 4.74 Å². The topological polar surface area (TPSA) is 54.0 Å². The Hall–Kier alpha value is -1.52. The molecule has 0 amide bonds. The standard InChI is InChI=1S/C5H4N3O2/c9-8-3-10-1-4-5(8)7-2-6-4/h1-2H,3H2/q+1. The molecule has 0 aromatic rings. The van der Waals surface area contributed by atoms with Gasteiger partial charge in [-0.25, -0.2) is 4.99 Å². The second-order valence-corrected chi connectivity index (χ2v) is 1.87. The number of fused-ring (bicyclic) bond motifs is 1. The van der Waals surface area contributed by atoms with Crippen LogP contribution >= 0.6 is 0 Å². The first kappa shape index (κ1) is 5.28. The van der Waals surface area contributed by atoms with Crippen molar-refractivity contribution in [2.24, 2.45) is 9.98 Å². The van der Waals surface area contributed by atoms with Gasteiger partial charge in [-0.15, -0.1) is 0 Å². The fourth-order valence-electron chi connectivity index (χ4n) is 0.790. The van der Waals surface area contributed by atoms with Gasteiger partial charge in [0.25, 0.3) is 6.73 Å². The molecule has 50 valence electrons. The van der Waals surface area contributed by atoms with Gasteiger partial charge in [-0.3, -0.25) is 0 Å². The average Bonchev–Trinajstić information content (AvgIpc) is 2.36. The van der Waals surface area contributed by atoms with Gasteiger partial charge in [0.1, 0.15) is 6.26 Å². The van der Waals surface area contributed by atoms with Gasteiger partial charge in [-0.2, -0.15) is 0 Å². The molecule has 2 aliphatic heterocycles. The highest BCUT2D eigenvalue weighted by atomic mass is 16.5. The molecule has 5 heteroatoms. The zero-order valence-corrected chi connectivity index (χ0v) is 5.02. The number of aliphatic imine (C=N–C) groups is 2. The average molecular weight is 138 g/mol. The second kappa shape index (κ2) is 1.73. The Bertz CT molecular complexity index is 277. The minimum Gasteiger partial charge on any atom is -0.456 e. The molecule has 5 nitrogen and oxygen atoms in total. The number of rotatable bonds is 0. The van der Waals surface area contributed by atoms with Crippen molar-refractivity contribution < 1.29 is 9.50 Å². The Morgan fingerprint density at radius 3 is 3.40 bits per heavy atom. The summed E-state index contributed by atoms with van der Waals surface area (Å²) in [6, 6.07) is 0. The Kier molecular flexibility index (Phi) is 0.913. The summed E-state index contributed by atoms with van der Waals surface area (Å²) >= 11 is 0. The van der Waals surface area contributed by atoms with Crippen LogP contribution in [0.4, 0.5) is 0 Å². The molecule has 0 bridgehead atoms. The van der Waals surface area contributed by atoms with E-state index in [2.05, 4.69) is 9.98 Å². The number of hydrogen-bond donors (Lipinski definition) is 0. The van der Waals surface area contributed by atoms with E-state index in [9.17, 15) is 4.91 Å². The Balaban J connectivity index is 2.46. The summed E-state index contributed by atoms with van der Waals surface area (Å²) in [6.07, 6.45) is 2.76. The Morgan fingerprint density at radius 2 is 2.60 bits per heavy atom. The number of nitrogens with zero attached hydrogens (tertiary/aromatic N) is 3. The van der Waals surface area contributed by atoms with Crippen LogP contribution in [0.15, 0.2) is 21.9 Å². The maximum Gasteiger partial charge on any atom is 0.395 e. The van der Waals surface area contributed by atoms with E-state index < -0.39 is 0 Å². The van der Waals surface area contributed by atoms with Gasteiger partial charge in [-0.1, -0.05) is 4.91 Å². The molecule has 0 N–H and O–H groups in total. The van der Waals surface area contributed by atoms with Crippen molar-refractivity contribution in [1.82, 2.24) is 0 Å². The van der Waals surface area contributed by atoms with Crippen molar-refractivity contribution in [2.75, 3.05) is 6.73 Å². The maximum absolute atomic E-state index is 10.8. The molecule has 0 saturated carbocycles.